The predicted octanol–water partition coefficient (Wildman–Crippen LogP) is 2.00. The normalized spacial score (nSPS) is 16.8. The molecule has 2 atom stereocenters. The molecule has 0 aliphatic carbocycles. The number of carbonyl (C=O) groups is 2. The lowest BCUT2D eigenvalue weighted by atomic mass is 9.86. The van der Waals surface area contributed by atoms with E-state index in [0.29, 0.717) is 67.5 Å². The number of rotatable bonds is 20. The van der Waals surface area contributed by atoms with Crippen molar-refractivity contribution in [3.63, 3.8) is 0 Å². The third-order valence-corrected chi connectivity index (χ3v) is 8.64. The standard InChI is InChI=1S/C36H52NO10.ClH/c1-37(16-11-19-46-34(39)13-9-7-8-10-14-35(40)47-20-12-18-38)17-15-27-24-30(41-2)31(42-3)25-28(27)29(37)21-26-22-32(43-4)36(45-6)33(23-26)44-5;/h7-8,22-25,29,38H,9-21H2,1-6H3;1H/q+1;/p-1/b8-7+;/t29-,37-;/m1./s1. The number of nitrogens with zero attached hydrogens (tertiary/aromatic N) is 1. The second-order valence-corrected chi connectivity index (χ2v) is 11.8. The smallest absolute Gasteiger partial charge is 0.306 e. The molecule has 268 valence electrons. The monoisotopic (exact) mass is 693 g/mol. The average molecular weight is 694 g/mol. The van der Waals surface area contributed by atoms with Crippen LogP contribution in [-0.4, -0.2) is 97.0 Å². The Morgan fingerprint density at radius 2 is 1.33 bits per heavy atom. The Balaban J connectivity index is 0.00000800. The molecule has 0 radical (unpaired) electrons. The Labute approximate surface area is 291 Å². The van der Waals surface area contributed by atoms with Gasteiger partial charge >= 0.3 is 11.9 Å². The van der Waals surface area contributed by atoms with Crippen molar-refractivity contribution >= 4 is 11.9 Å². The summed E-state index contributed by atoms with van der Waals surface area (Å²) in [4.78, 5) is 24.0. The van der Waals surface area contributed by atoms with Crippen molar-refractivity contribution in [1.29, 1.82) is 0 Å². The number of aliphatic hydroxyl groups is 1. The lowest BCUT2D eigenvalue weighted by Gasteiger charge is -2.46. The Hall–Kier alpha value is -3.67. The van der Waals surface area contributed by atoms with Gasteiger partial charge in [-0.15, -0.1) is 0 Å². The molecule has 0 fully saturated rings. The predicted molar refractivity (Wildman–Crippen MR) is 178 cm³/mol. The average Bonchev–Trinajstić information content (AvgIpc) is 3.08. The van der Waals surface area contributed by atoms with Gasteiger partial charge in [-0.05, 0) is 48.2 Å². The van der Waals surface area contributed by atoms with Crippen LogP contribution in [0, 0.1) is 0 Å². The fraction of sp³-hybridized carbons (Fsp3) is 0.556. The summed E-state index contributed by atoms with van der Waals surface area (Å²) in [6.07, 6.45) is 8.15. The number of aliphatic hydroxyl groups excluding tert-OH is 1. The van der Waals surface area contributed by atoms with Crippen molar-refractivity contribution in [2.24, 2.45) is 0 Å². The van der Waals surface area contributed by atoms with Gasteiger partial charge in [0.25, 0.3) is 0 Å². The Morgan fingerprint density at radius 3 is 1.85 bits per heavy atom. The molecule has 12 heteroatoms. The Bertz CT molecular complexity index is 1330. The van der Waals surface area contributed by atoms with Gasteiger partial charge in [0.1, 0.15) is 6.04 Å². The molecule has 1 aliphatic heterocycles. The molecule has 0 unspecified atom stereocenters. The second-order valence-electron chi connectivity index (χ2n) is 11.8. The molecule has 3 rings (SSSR count). The maximum Gasteiger partial charge on any atom is 0.306 e. The zero-order chi connectivity index (χ0) is 34.2. The van der Waals surface area contributed by atoms with Gasteiger partial charge in [0, 0.05) is 50.7 Å². The minimum absolute atomic E-state index is 0. The number of allylic oxidation sites excluding steroid dienone is 2. The summed E-state index contributed by atoms with van der Waals surface area (Å²) in [5.41, 5.74) is 3.48. The second kappa shape index (κ2) is 20.6. The molecule has 2 aromatic carbocycles. The largest absolute Gasteiger partial charge is 1.00 e. The van der Waals surface area contributed by atoms with E-state index in [0.717, 1.165) is 29.6 Å². The molecule has 11 nitrogen and oxygen atoms in total. The van der Waals surface area contributed by atoms with Crippen molar-refractivity contribution in [1.82, 2.24) is 0 Å². The highest BCUT2D eigenvalue weighted by Gasteiger charge is 2.40. The zero-order valence-electron chi connectivity index (χ0n) is 29.2. The number of fused-ring (bicyclic) bond motifs is 1. The van der Waals surface area contributed by atoms with Gasteiger partial charge in [-0.25, -0.2) is 0 Å². The molecule has 2 aromatic rings. The first-order chi connectivity index (χ1) is 22.7. The summed E-state index contributed by atoms with van der Waals surface area (Å²) < 4.78 is 39.5. The van der Waals surface area contributed by atoms with Crippen molar-refractivity contribution in [3.05, 3.63) is 53.1 Å². The van der Waals surface area contributed by atoms with Gasteiger partial charge in [0.05, 0.1) is 68.9 Å². The van der Waals surface area contributed by atoms with Crippen LogP contribution in [0.5, 0.6) is 28.7 Å². The van der Waals surface area contributed by atoms with Crippen molar-refractivity contribution < 1.29 is 64.7 Å². The molecule has 0 aromatic heterocycles. The van der Waals surface area contributed by atoms with Crippen LogP contribution in [0.2, 0.25) is 0 Å². The molecular weight excluding hydrogens is 642 g/mol. The lowest BCUT2D eigenvalue weighted by molar-refractivity contribution is -0.941. The number of esters is 2. The van der Waals surface area contributed by atoms with Gasteiger partial charge in [0.2, 0.25) is 5.75 Å². The first-order valence-corrected chi connectivity index (χ1v) is 16.2. The van der Waals surface area contributed by atoms with Crippen LogP contribution < -0.4 is 36.1 Å². The minimum atomic E-state index is -0.291. The van der Waals surface area contributed by atoms with E-state index in [2.05, 4.69) is 19.2 Å². The van der Waals surface area contributed by atoms with Gasteiger partial charge in [0.15, 0.2) is 23.0 Å². The van der Waals surface area contributed by atoms with E-state index in [1.807, 2.05) is 24.3 Å². The van der Waals surface area contributed by atoms with Gasteiger partial charge in [-0.1, -0.05) is 12.2 Å². The number of benzene rings is 2. The van der Waals surface area contributed by atoms with Crippen LogP contribution in [-0.2, 0) is 31.9 Å². The maximum absolute atomic E-state index is 12.4. The fourth-order valence-electron chi connectivity index (χ4n) is 6.05. The fourth-order valence-corrected chi connectivity index (χ4v) is 6.05. The Morgan fingerprint density at radius 1 is 0.792 bits per heavy atom. The van der Waals surface area contributed by atoms with Crippen LogP contribution in [0.4, 0.5) is 0 Å². The van der Waals surface area contributed by atoms with E-state index in [1.165, 1.54) is 11.1 Å². The van der Waals surface area contributed by atoms with Crippen LogP contribution >= 0.6 is 0 Å². The number of ether oxygens (including phenoxy) is 7. The van der Waals surface area contributed by atoms with Crippen LogP contribution in [0.3, 0.4) is 0 Å². The number of halogens is 1. The molecule has 0 spiro atoms. The summed E-state index contributed by atoms with van der Waals surface area (Å²) in [5, 5.41) is 8.74. The molecule has 48 heavy (non-hydrogen) atoms. The van der Waals surface area contributed by atoms with Crippen LogP contribution in [0.25, 0.3) is 0 Å². The number of likely N-dealkylation sites (N-methyl/N-ethyl adjacent to an activating group) is 1. The highest BCUT2D eigenvalue weighted by atomic mass is 35.5. The summed E-state index contributed by atoms with van der Waals surface area (Å²) in [6, 6.07) is 8.26. The topological polar surface area (TPSA) is 119 Å². The number of carbonyl (C=O) groups excluding carboxylic acids is 2. The van der Waals surface area contributed by atoms with E-state index in [9.17, 15) is 9.59 Å². The third-order valence-electron chi connectivity index (χ3n) is 8.64. The summed E-state index contributed by atoms with van der Waals surface area (Å²) in [5.74, 6) is 2.65. The first-order valence-electron chi connectivity index (χ1n) is 16.2. The van der Waals surface area contributed by atoms with Crippen LogP contribution in [0.1, 0.15) is 61.3 Å². The lowest BCUT2D eigenvalue weighted by Crippen LogP contribution is -3.00. The molecule has 1 aliphatic rings. The molecule has 0 amide bonds. The number of hydrogen-bond acceptors (Lipinski definition) is 10. The summed E-state index contributed by atoms with van der Waals surface area (Å²) in [7, 11) is 10.4. The SMILES string of the molecule is COc1cc2c(cc1OC)[C@@H](Cc1cc(OC)c(OC)c(OC)c1)[N@+](C)(CCCOC(=O)CC/C=C/CCC(=O)OCCCO)CC2.[Cl-]. The highest BCUT2D eigenvalue weighted by molar-refractivity contribution is 5.70. The molecular formula is C36H52ClNO10. The van der Waals surface area contributed by atoms with Crippen molar-refractivity contribution in [2.75, 3.05) is 75.5 Å². The van der Waals surface area contributed by atoms with E-state index in [1.54, 1.807) is 35.5 Å². The van der Waals surface area contributed by atoms with Crippen molar-refractivity contribution in [3.8, 4) is 28.7 Å². The summed E-state index contributed by atoms with van der Waals surface area (Å²) >= 11 is 0. The molecule has 0 bridgehead atoms. The maximum atomic E-state index is 12.4. The quantitative estimate of drug-likeness (QED) is 0.0955. The zero-order valence-corrected chi connectivity index (χ0v) is 29.9. The van der Waals surface area contributed by atoms with E-state index in [-0.39, 0.29) is 56.4 Å². The van der Waals surface area contributed by atoms with E-state index in [4.69, 9.17) is 38.3 Å². The first kappa shape index (κ1) is 40.5. The van der Waals surface area contributed by atoms with Gasteiger partial charge in [-0.2, -0.15) is 0 Å². The van der Waals surface area contributed by atoms with Crippen LogP contribution in [0.15, 0.2) is 36.4 Å². The Kier molecular flexibility index (Phi) is 17.4. The molecule has 1 heterocycles. The molecule has 1 N–H and O–H groups in total. The molecule has 0 saturated carbocycles. The molecule has 0 saturated heterocycles. The number of methoxy groups -OCH3 is 5. The third kappa shape index (κ3) is 11.2. The van der Waals surface area contributed by atoms with E-state index >= 15 is 0 Å². The highest BCUT2D eigenvalue weighted by Crippen LogP contribution is 2.44. The van der Waals surface area contributed by atoms with E-state index < -0.39 is 0 Å². The van der Waals surface area contributed by atoms with Gasteiger partial charge < -0.3 is 55.2 Å². The van der Waals surface area contributed by atoms with Crippen molar-refractivity contribution in [2.45, 2.75) is 57.4 Å². The number of hydrogen-bond donors (Lipinski definition) is 1. The van der Waals surface area contributed by atoms with Gasteiger partial charge in [-0.3, -0.25) is 9.59 Å². The minimum Gasteiger partial charge on any atom is -1.00 e. The summed E-state index contributed by atoms with van der Waals surface area (Å²) in [6.45, 7) is 2.29. The number of quaternary nitrogens is 1.